The highest BCUT2D eigenvalue weighted by atomic mass is 16.1. The second-order valence-electron chi connectivity index (χ2n) is 4.83. The van der Waals surface area contributed by atoms with Gasteiger partial charge >= 0.3 is 0 Å². The molecule has 1 amide bonds. The largest absolute Gasteiger partial charge is 0.370 e. The molecule has 6 nitrogen and oxygen atoms in total. The van der Waals surface area contributed by atoms with Crippen molar-refractivity contribution in [1.82, 2.24) is 10.3 Å². The maximum absolute atomic E-state index is 10.8. The summed E-state index contributed by atoms with van der Waals surface area (Å²) in [5.41, 5.74) is 5.19. The number of nitrogens with zero attached hydrogens (tertiary/aromatic N) is 1. The Morgan fingerprint density at radius 3 is 2.47 bits per heavy atom. The maximum atomic E-state index is 10.8. The molecule has 0 heterocycles. The fourth-order valence-corrected chi connectivity index (χ4v) is 2.22. The van der Waals surface area contributed by atoms with Crippen molar-refractivity contribution in [2.24, 2.45) is 17.5 Å². The number of likely N-dealkylation sites (N-methyl/N-ethyl adjacent to an activating group) is 1. The monoisotopic (exact) mass is 241 g/mol. The number of nitrogens with two attached hydrogens (primary N) is 2. The molecule has 1 aliphatic rings. The van der Waals surface area contributed by atoms with Crippen LogP contribution in [0.15, 0.2) is 0 Å². The third-order valence-electron chi connectivity index (χ3n) is 3.32. The summed E-state index contributed by atoms with van der Waals surface area (Å²) >= 11 is 0. The molecule has 0 radical (unpaired) electrons. The number of nitrogens with one attached hydrogen (secondary N) is 2. The number of rotatable bonds is 5. The van der Waals surface area contributed by atoms with E-state index in [0.29, 0.717) is 30.8 Å². The quantitative estimate of drug-likeness (QED) is 0.231. The fraction of sp³-hybridized carbons (Fsp3) is 0.818. The molecule has 1 fully saturated rings. The molecule has 0 unspecified atom stereocenters. The van der Waals surface area contributed by atoms with Gasteiger partial charge in [-0.15, -0.1) is 0 Å². The second-order valence-corrected chi connectivity index (χ2v) is 4.83. The van der Waals surface area contributed by atoms with Gasteiger partial charge in [0.05, 0.1) is 6.54 Å². The second kappa shape index (κ2) is 6.56. The molecule has 1 saturated carbocycles. The van der Waals surface area contributed by atoms with Gasteiger partial charge in [-0.2, -0.15) is 0 Å². The Morgan fingerprint density at radius 1 is 1.41 bits per heavy atom. The Kier molecular flexibility index (Phi) is 5.37. The van der Waals surface area contributed by atoms with E-state index >= 15 is 0 Å². The molecule has 1 aliphatic carbocycles. The Labute approximate surface area is 102 Å². The standard InChI is InChI=1S/C11H23N5O/c1-16(14)10(12)7-15-9-4-2-8(3-5-9)6-11(13)17/h8-9,12,15H,2-7,14H2,1H3,(H2,13,17). The van der Waals surface area contributed by atoms with Crippen LogP contribution in [0, 0.1) is 11.3 Å². The van der Waals surface area contributed by atoms with Crippen molar-refractivity contribution in [3.63, 3.8) is 0 Å². The minimum Gasteiger partial charge on any atom is -0.370 e. The van der Waals surface area contributed by atoms with Crippen LogP contribution >= 0.6 is 0 Å². The molecule has 6 N–H and O–H groups in total. The number of hydrazine groups is 1. The number of carbonyl (C=O) groups is 1. The Balaban J connectivity index is 2.19. The normalized spacial score (nSPS) is 24.4. The van der Waals surface area contributed by atoms with Crippen LogP contribution in [0.5, 0.6) is 0 Å². The van der Waals surface area contributed by atoms with Gasteiger partial charge in [0.25, 0.3) is 0 Å². The van der Waals surface area contributed by atoms with Crippen molar-refractivity contribution in [1.29, 1.82) is 5.41 Å². The van der Waals surface area contributed by atoms with Crippen LogP contribution in [-0.4, -0.2) is 36.4 Å². The van der Waals surface area contributed by atoms with Gasteiger partial charge in [0.15, 0.2) is 0 Å². The number of primary amides is 1. The van der Waals surface area contributed by atoms with E-state index in [-0.39, 0.29) is 5.91 Å². The van der Waals surface area contributed by atoms with Gasteiger partial charge in [0, 0.05) is 19.5 Å². The first-order valence-electron chi connectivity index (χ1n) is 6.06. The van der Waals surface area contributed by atoms with Crippen LogP contribution < -0.4 is 16.9 Å². The fourth-order valence-electron chi connectivity index (χ4n) is 2.22. The zero-order valence-corrected chi connectivity index (χ0v) is 10.4. The first-order valence-corrected chi connectivity index (χ1v) is 6.06. The van der Waals surface area contributed by atoms with E-state index in [1.54, 1.807) is 7.05 Å². The highest BCUT2D eigenvalue weighted by molar-refractivity contribution is 5.80. The first-order chi connectivity index (χ1) is 7.99. The van der Waals surface area contributed by atoms with E-state index in [4.69, 9.17) is 17.0 Å². The van der Waals surface area contributed by atoms with E-state index in [0.717, 1.165) is 25.7 Å². The third-order valence-corrected chi connectivity index (χ3v) is 3.32. The van der Waals surface area contributed by atoms with Crippen molar-refractivity contribution in [3.8, 4) is 0 Å². The molecule has 0 atom stereocenters. The highest BCUT2D eigenvalue weighted by Crippen LogP contribution is 2.26. The number of hydrogen-bond acceptors (Lipinski definition) is 4. The molecule has 1 rings (SSSR count). The van der Waals surface area contributed by atoms with Crippen LogP contribution in [0.1, 0.15) is 32.1 Å². The summed E-state index contributed by atoms with van der Waals surface area (Å²) < 4.78 is 0. The minimum absolute atomic E-state index is 0.201. The lowest BCUT2D eigenvalue weighted by Gasteiger charge is -2.29. The van der Waals surface area contributed by atoms with Crippen LogP contribution in [0.3, 0.4) is 0 Å². The summed E-state index contributed by atoms with van der Waals surface area (Å²) in [6, 6.07) is 0.430. The molecule has 0 aromatic heterocycles. The van der Waals surface area contributed by atoms with Gasteiger partial charge in [-0.05, 0) is 31.6 Å². The Hall–Kier alpha value is -1.14. The number of amidine groups is 1. The highest BCUT2D eigenvalue weighted by Gasteiger charge is 2.22. The number of amides is 1. The summed E-state index contributed by atoms with van der Waals surface area (Å²) in [7, 11) is 1.66. The van der Waals surface area contributed by atoms with E-state index in [2.05, 4.69) is 5.32 Å². The number of carbonyl (C=O) groups excluding carboxylic acids is 1. The smallest absolute Gasteiger partial charge is 0.217 e. The zero-order valence-electron chi connectivity index (χ0n) is 10.4. The molecule has 0 aromatic rings. The molecular weight excluding hydrogens is 218 g/mol. The van der Waals surface area contributed by atoms with Gasteiger partial charge in [-0.3, -0.25) is 10.2 Å². The van der Waals surface area contributed by atoms with Crippen molar-refractivity contribution in [3.05, 3.63) is 0 Å². The first kappa shape index (κ1) is 13.9. The van der Waals surface area contributed by atoms with Crippen LogP contribution in [0.4, 0.5) is 0 Å². The van der Waals surface area contributed by atoms with Crippen molar-refractivity contribution in [2.45, 2.75) is 38.1 Å². The molecule has 17 heavy (non-hydrogen) atoms. The summed E-state index contributed by atoms with van der Waals surface area (Å²) in [6.07, 6.45) is 4.66. The predicted octanol–water partition coefficient (Wildman–Crippen LogP) is -0.207. The van der Waals surface area contributed by atoms with E-state index in [1.807, 2.05) is 0 Å². The Morgan fingerprint density at radius 2 is 2.00 bits per heavy atom. The molecule has 6 heteroatoms. The SMILES string of the molecule is CN(N)C(=N)CNC1CCC(CC(N)=O)CC1. The lowest BCUT2D eigenvalue weighted by atomic mass is 9.84. The average molecular weight is 241 g/mol. The number of hydrogen-bond donors (Lipinski definition) is 4. The third kappa shape index (κ3) is 5.14. The van der Waals surface area contributed by atoms with Gasteiger partial charge in [-0.1, -0.05) is 0 Å². The molecule has 0 bridgehead atoms. The molecule has 0 spiro atoms. The van der Waals surface area contributed by atoms with Gasteiger partial charge in [0.1, 0.15) is 5.84 Å². The van der Waals surface area contributed by atoms with E-state index < -0.39 is 0 Å². The predicted molar refractivity (Wildman–Crippen MR) is 67.2 cm³/mol. The average Bonchev–Trinajstić information content (AvgIpc) is 2.26. The summed E-state index contributed by atoms with van der Waals surface area (Å²) in [4.78, 5) is 10.8. The van der Waals surface area contributed by atoms with Crippen molar-refractivity contribution >= 4 is 11.7 Å². The lowest BCUT2D eigenvalue weighted by Crippen LogP contribution is -2.43. The molecule has 0 aromatic carbocycles. The summed E-state index contributed by atoms with van der Waals surface area (Å²) in [5.74, 6) is 6.07. The van der Waals surface area contributed by atoms with Gasteiger partial charge < -0.3 is 16.1 Å². The molecular formula is C11H23N5O. The van der Waals surface area contributed by atoms with Crippen LogP contribution in [-0.2, 0) is 4.79 Å². The minimum atomic E-state index is -0.201. The molecule has 98 valence electrons. The summed E-state index contributed by atoms with van der Waals surface area (Å²) in [6.45, 7) is 0.498. The Bertz CT molecular complexity index is 271. The van der Waals surface area contributed by atoms with Gasteiger partial charge in [-0.25, -0.2) is 5.84 Å². The molecule has 0 saturated heterocycles. The van der Waals surface area contributed by atoms with E-state index in [1.165, 1.54) is 5.01 Å². The maximum Gasteiger partial charge on any atom is 0.217 e. The zero-order chi connectivity index (χ0) is 12.8. The van der Waals surface area contributed by atoms with Crippen LogP contribution in [0.25, 0.3) is 0 Å². The van der Waals surface area contributed by atoms with Crippen molar-refractivity contribution in [2.75, 3.05) is 13.6 Å². The molecule has 0 aliphatic heterocycles. The summed E-state index contributed by atoms with van der Waals surface area (Å²) in [5, 5.41) is 12.2. The van der Waals surface area contributed by atoms with Crippen LogP contribution in [0.2, 0.25) is 0 Å². The lowest BCUT2D eigenvalue weighted by molar-refractivity contribution is -0.119. The topological polar surface area (TPSA) is 108 Å². The van der Waals surface area contributed by atoms with Crippen molar-refractivity contribution < 1.29 is 4.79 Å². The van der Waals surface area contributed by atoms with Gasteiger partial charge in [0.2, 0.25) is 5.91 Å². The van der Waals surface area contributed by atoms with E-state index in [9.17, 15) is 4.79 Å².